The van der Waals surface area contributed by atoms with Crippen molar-refractivity contribution < 1.29 is 4.79 Å². The molecule has 0 spiro atoms. The lowest BCUT2D eigenvalue weighted by Gasteiger charge is -2.19. The van der Waals surface area contributed by atoms with Gasteiger partial charge < -0.3 is 11.1 Å². The normalized spacial score (nSPS) is 11.9. The summed E-state index contributed by atoms with van der Waals surface area (Å²) < 4.78 is 2.83. The van der Waals surface area contributed by atoms with E-state index < -0.39 is 10.2 Å². The molecule has 6 heteroatoms. The van der Waals surface area contributed by atoms with Crippen LogP contribution in [-0.4, -0.2) is 17.8 Å². The molecular formula is C9H13N3O2S. The molecule has 0 atom stereocenters. The number of hydrogen-bond donors (Lipinski definition) is 2. The molecule has 0 aliphatic carbocycles. The fourth-order valence-electron chi connectivity index (χ4n) is 0.843. The van der Waals surface area contributed by atoms with Gasteiger partial charge in [0.1, 0.15) is 0 Å². The number of amides is 1. The predicted molar refractivity (Wildman–Crippen MR) is 65.1 cm³/mol. The number of hydrogen-bond acceptors (Lipinski definition) is 4. The third-order valence-corrected chi connectivity index (χ3v) is 3.18. The second-order valence-corrected chi connectivity index (χ2v) is 6.45. The summed E-state index contributed by atoms with van der Waals surface area (Å²) in [6, 6.07) is 6.69. The van der Waals surface area contributed by atoms with E-state index in [0.717, 1.165) is 0 Å². The van der Waals surface area contributed by atoms with Crippen molar-refractivity contribution in [3.63, 3.8) is 0 Å². The van der Waals surface area contributed by atoms with E-state index in [0.29, 0.717) is 11.4 Å². The molecule has 0 heterocycles. The summed E-state index contributed by atoms with van der Waals surface area (Å²) in [5.41, 5.74) is 6.72. The Balaban J connectivity index is 2.75. The summed E-state index contributed by atoms with van der Waals surface area (Å²) in [7, 11) is -2.12. The molecule has 0 fully saturated rings. The lowest BCUT2D eigenvalue weighted by molar-refractivity contribution is 0.269. The standard InChI is InChI=1S/C9H13N3O2S/c1-15(2,12-14)9(13)11-8-5-3-7(10)4-6-8/h3-6H,10H2,1-2H3,(H,11,13). The Morgan fingerprint density at radius 3 is 2.33 bits per heavy atom. The molecule has 0 aromatic heterocycles. The second-order valence-electron chi connectivity index (χ2n) is 3.38. The minimum Gasteiger partial charge on any atom is -0.399 e. The maximum atomic E-state index is 11.6. The summed E-state index contributed by atoms with van der Waals surface area (Å²) in [6.07, 6.45) is 3.07. The van der Waals surface area contributed by atoms with E-state index in [4.69, 9.17) is 5.73 Å². The first-order valence-corrected chi connectivity index (χ1v) is 6.61. The molecular weight excluding hydrogens is 214 g/mol. The van der Waals surface area contributed by atoms with E-state index >= 15 is 0 Å². The van der Waals surface area contributed by atoms with Crippen LogP contribution in [0, 0.1) is 4.91 Å². The van der Waals surface area contributed by atoms with Crippen LogP contribution in [0.5, 0.6) is 0 Å². The van der Waals surface area contributed by atoms with Gasteiger partial charge in [-0.2, -0.15) is 0 Å². The van der Waals surface area contributed by atoms with Crippen LogP contribution in [0.3, 0.4) is 0 Å². The van der Waals surface area contributed by atoms with Crippen LogP contribution >= 0.6 is 10.2 Å². The number of rotatable bonds is 2. The molecule has 0 aliphatic rings. The van der Waals surface area contributed by atoms with Crippen molar-refractivity contribution in [3.8, 4) is 0 Å². The highest BCUT2D eigenvalue weighted by Gasteiger charge is 2.22. The highest BCUT2D eigenvalue weighted by molar-refractivity contribution is 8.43. The summed E-state index contributed by atoms with van der Waals surface area (Å²) in [5.74, 6) is 0. The van der Waals surface area contributed by atoms with Gasteiger partial charge in [0.2, 0.25) is 0 Å². The molecule has 15 heavy (non-hydrogen) atoms. The Morgan fingerprint density at radius 1 is 1.33 bits per heavy atom. The lowest BCUT2D eigenvalue weighted by Crippen LogP contribution is -2.15. The van der Waals surface area contributed by atoms with Crippen LogP contribution in [0.15, 0.2) is 28.8 Å². The zero-order valence-electron chi connectivity index (χ0n) is 8.56. The zero-order valence-corrected chi connectivity index (χ0v) is 9.38. The van der Waals surface area contributed by atoms with Gasteiger partial charge in [0.15, 0.2) is 0 Å². The van der Waals surface area contributed by atoms with Gasteiger partial charge in [-0.05, 0) is 51.6 Å². The number of anilines is 2. The third-order valence-electron chi connectivity index (χ3n) is 1.80. The first-order valence-electron chi connectivity index (χ1n) is 4.20. The number of nitrogens with one attached hydrogen (secondary N) is 1. The van der Waals surface area contributed by atoms with Crippen molar-refractivity contribution >= 4 is 26.8 Å². The lowest BCUT2D eigenvalue weighted by atomic mass is 10.3. The molecule has 1 rings (SSSR count). The quantitative estimate of drug-likeness (QED) is 0.601. The summed E-state index contributed by atoms with van der Waals surface area (Å²) in [6.45, 7) is 0. The maximum absolute atomic E-state index is 11.6. The van der Waals surface area contributed by atoms with E-state index in [1.54, 1.807) is 24.3 Å². The van der Waals surface area contributed by atoms with Gasteiger partial charge in [0.05, 0.1) is 0 Å². The van der Waals surface area contributed by atoms with Crippen LogP contribution in [0.25, 0.3) is 0 Å². The molecule has 1 amide bonds. The SMILES string of the molecule is CS(C)(N=O)C(=O)Nc1ccc(N)cc1. The minimum absolute atomic E-state index is 0.359. The van der Waals surface area contributed by atoms with Crippen molar-refractivity contribution in [1.82, 2.24) is 0 Å². The van der Waals surface area contributed by atoms with Gasteiger partial charge in [0.25, 0.3) is 5.24 Å². The molecule has 0 saturated carbocycles. The minimum atomic E-state index is -2.12. The summed E-state index contributed by atoms with van der Waals surface area (Å²) >= 11 is 0. The van der Waals surface area contributed by atoms with E-state index in [9.17, 15) is 9.70 Å². The second kappa shape index (κ2) is 4.31. The number of carbonyl (C=O) groups excluding carboxylic acids is 1. The Bertz CT molecular complexity index is 375. The number of nitrogens with two attached hydrogens (primary N) is 1. The zero-order chi connectivity index (χ0) is 11.5. The van der Waals surface area contributed by atoms with Crippen molar-refractivity contribution in [1.29, 1.82) is 0 Å². The van der Waals surface area contributed by atoms with Crippen LogP contribution in [-0.2, 0) is 0 Å². The summed E-state index contributed by atoms with van der Waals surface area (Å²) in [4.78, 5) is 22.0. The first-order chi connectivity index (χ1) is 6.95. The number of benzene rings is 1. The van der Waals surface area contributed by atoms with Crippen LogP contribution < -0.4 is 11.1 Å². The van der Waals surface area contributed by atoms with Gasteiger partial charge in [0, 0.05) is 11.4 Å². The topological polar surface area (TPSA) is 84.5 Å². The average Bonchev–Trinajstić information content (AvgIpc) is 2.21. The molecule has 0 radical (unpaired) electrons. The molecule has 82 valence electrons. The Morgan fingerprint density at radius 2 is 1.87 bits per heavy atom. The molecule has 0 unspecified atom stereocenters. The third kappa shape index (κ3) is 2.95. The van der Waals surface area contributed by atoms with Gasteiger partial charge in [-0.3, -0.25) is 4.79 Å². The number of carbonyl (C=O) groups is 1. The van der Waals surface area contributed by atoms with E-state index in [2.05, 4.69) is 9.90 Å². The van der Waals surface area contributed by atoms with Crippen molar-refractivity contribution in [2.45, 2.75) is 0 Å². The highest BCUT2D eigenvalue weighted by atomic mass is 32.3. The Kier molecular flexibility index (Phi) is 3.31. The van der Waals surface area contributed by atoms with Gasteiger partial charge in [-0.25, -0.2) is 0 Å². The van der Waals surface area contributed by atoms with Crippen molar-refractivity contribution in [2.24, 2.45) is 4.58 Å². The maximum Gasteiger partial charge on any atom is 0.287 e. The molecule has 0 saturated heterocycles. The molecule has 0 bridgehead atoms. The average molecular weight is 227 g/mol. The van der Waals surface area contributed by atoms with Crippen LogP contribution in [0.4, 0.5) is 16.2 Å². The van der Waals surface area contributed by atoms with Gasteiger partial charge in [-0.1, -0.05) is 0 Å². The first kappa shape index (κ1) is 11.5. The van der Waals surface area contributed by atoms with Gasteiger partial charge in [-0.15, -0.1) is 4.91 Å². The van der Waals surface area contributed by atoms with Crippen LogP contribution in [0.2, 0.25) is 0 Å². The molecule has 1 aromatic rings. The molecule has 5 nitrogen and oxygen atoms in total. The number of nitrogen functional groups attached to an aromatic ring is 1. The predicted octanol–water partition coefficient (Wildman–Crippen LogP) is 2.55. The van der Waals surface area contributed by atoms with E-state index in [1.807, 2.05) is 0 Å². The molecule has 3 N–H and O–H groups in total. The van der Waals surface area contributed by atoms with Crippen molar-refractivity contribution in [3.05, 3.63) is 29.2 Å². The van der Waals surface area contributed by atoms with Crippen LogP contribution in [0.1, 0.15) is 0 Å². The molecule has 0 aliphatic heterocycles. The largest absolute Gasteiger partial charge is 0.399 e. The number of nitrogens with zero attached hydrogens (tertiary/aromatic N) is 1. The number of nitroso groups, excluding NO2 is 1. The smallest absolute Gasteiger partial charge is 0.287 e. The van der Waals surface area contributed by atoms with Gasteiger partial charge >= 0.3 is 0 Å². The van der Waals surface area contributed by atoms with E-state index in [-0.39, 0.29) is 5.24 Å². The fourth-order valence-corrected chi connectivity index (χ4v) is 1.28. The van der Waals surface area contributed by atoms with E-state index in [1.165, 1.54) is 12.5 Å². The highest BCUT2D eigenvalue weighted by Crippen LogP contribution is 2.42. The Labute approximate surface area is 89.5 Å². The Hall–Kier alpha value is -1.56. The monoisotopic (exact) mass is 227 g/mol. The van der Waals surface area contributed by atoms with Crippen molar-refractivity contribution in [2.75, 3.05) is 23.6 Å². The summed E-state index contributed by atoms with van der Waals surface area (Å²) in [5, 5.41) is 2.25. The fraction of sp³-hybridized carbons (Fsp3) is 0.222. The molecule has 1 aromatic carbocycles.